The van der Waals surface area contributed by atoms with Crippen LogP contribution < -0.4 is 11.1 Å². The zero-order valence-electron chi connectivity index (χ0n) is 11.6. The molecule has 6 heteroatoms. The zero-order valence-corrected chi connectivity index (χ0v) is 13.2. The first kappa shape index (κ1) is 14.5. The highest BCUT2D eigenvalue weighted by atomic mass is 79.9. The van der Waals surface area contributed by atoms with E-state index in [9.17, 15) is 9.59 Å². The molecular formula is C15H17BrN2O3. The first-order valence-corrected chi connectivity index (χ1v) is 8.13. The topological polar surface area (TPSA) is 64.1 Å². The van der Waals surface area contributed by atoms with E-state index < -0.39 is 0 Å². The first-order chi connectivity index (χ1) is 10.2. The molecule has 2 aromatic rings. The minimum absolute atomic E-state index is 0.0481. The number of rotatable bonds is 3. The van der Waals surface area contributed by atoms with Crippen LogP contribution in [0.25, 0.3) is 10.8 Å². The third kappa shape index (κ3) is 2.70. The summed E-state index contributed by atoms with van der Waals surface area (Å²) in [5, 5.41) is 4.41. The highest BCUT2D eigenvalue weighted by molar-refractivity contribution is 9.09. The largest absolute Gasteiger partial charge is 0.381 e. The number of halogens is 1. The molecule has 1 aliphatic rings. The van der Waals surface area contributed by atoms with Gasteiger partial charge in [-0.1, -0.05) is 28.1 Å². The van der Waals surface area contributed by atoms with Crippen LogP contribution in [-0.2, 0) is 11.3 Å². The minimum Gasteiger partial charge on any atom is -0.381 e. The van der Waals surface area contributed by atoms with Gasteiger partial charge in [-0.2, -0.15) is 0 Å². The summed E-state index contributed by atoms with van der Waals surface area (Å²) in [6.45, 7) is 1.89. The minimum atomic E-state index is -0.220. The molecule has 0 saturated carbocycles. The van der Waals surface area contributed by atoms with Gasteiger partial charge in [0.2, 0.25) is 0 Å². The maximum atomic E-state index is 12.6. The van der Waals surface area contributed by atoms with Crippen molar-refractivity contribution in [3.8, 4) is 0 Å². The molecular weight excluding hydrogens is 336 g/mol. The molecule has 1 aromatic carbocycles. The Kier molecular flexibility index (Phi) is 3.99. The van der Waals surface area contributed by atoms with E-state index in [1.54, 1.807) is 24.3 Å². The van der Waals surface area contributed by atoms with E-state index in [-0.39, 0.29) is 16.5 Å². The predicted molar refractivity (Wildman–Crippen MR) is 85.1 cm³/mol. The Morgan fingerprint density at radius 2 is 1.86 bits per heavy atom. The van der Waals surface area contributed by atoms with E-state index in [1.165, 1.54) is 4.68 Å². The van der Waals surface area contributed by atoms with Gasteiger partial charge in [0.25, 0.3) is 11.1 Å². The molecule has 0 aliphatic carbocycles. The monoisotopic (exact) mass is 352 g/mol. The molecule has 0 spiro atoms. The van der Waals surface area contributed by atoms with Gasteiger partial charge in [0.15, 0.2) is 0 Å². The Labute approximate surface area is 130 Å². The Morgan fingerprint density at radius 3 is 2.52 bits per heavy atom. The molecule has 3 rings (SSSR count). The van der Waals surface area contributed by atoms with Crippen molar-refractivity contribution in [1.82, 2.24) is 9.78 Å². The number of H-pyrrole nitrogens is 1. The number of hydrogen-bond donors (Lipinski definition) is 1. The molecule has 1 fully saturated rings. The third-order valence-electron chi connectivity index (χ3n) is 4.21. The molecule has 5 nitrogen and oxygen atoms in total. The Balaban J connectivity index is 2.07. The van der Waals surface area contributed by atoms with Gasteiger partial charge in [-0.05, 0) is 25.0 Å². The number of aromatic amines is 1. The fourth-order valence-electron chi connectivity index (χ4n) is 2.83. The average molecular weight is 353 g/mol. The number of nitrogens with zero attached hydrogens (tertiary/aromatic N) is 1. The zero-order chi connectivity index (χ0) is 14.9. The van der Waals surface area contributed by atoms with Crippen molar-refractivity contribution in [2.45, 2.75) is 19.4 Å². The number of ether oxygens (including phenoxy) is 1. The van der Waals surface area contributed by atoms with Gasteiger partial charge >= 0.3 is 0 Å². The van der Waals surface area contributed by atoms with Gasteiger partial charge in [-0.15, -0.1) is 0 Å². The first-order valence-electron chi connectivity index (χ1n) is 7.01. The fourth-order valence-corrected chi connectivity index (χ4v) is 3.57. The van der Waals surface area contributed by atoms with Gasteiger partial charge < -0.3 is 4.74 Å². The van der Waals surface area contributed by atoms with E-state index in [1.807, 2.05) is 0 Å². The van der Waals surface area contributed by atoms with Crippen molar-refractivity contribution < 1.29 is 4.74 Å². The molecule has 21 heavy (non-hydrogen) atoms. The molecule has 0 atom stereocenters. The van der Waals surface area contributed by atoms with E-state index in [4.69, 9.17) is 4.74 Å². The standard InChI is InChI=1S/C15H17BrN2O3/c16-9-15(5-7-21-8-6-15)10-18-14(20)12-4-2-1-3-11(12)13(19)17-18/h1-4H,5-10H2,(H,17,19). The van der Waals surface area contributed by atoms with Gasteiger partial charge in [-0.25, -0.2) is 4.68 Å². The van der Waals surface area contributed by atoms with Crippen molar-refractivity contribution in [3.63, 3.8) is 0 Å². The molecule has 1 saturated heterocycles. The van der Waals surface area contributed by atoms with Crippen LogP contribution in [0.4, 0.5) is 0 Å². The summed E-state index contributed by atoms with van der Waals surface area (Å²) in [7, 11) is 0. The molecule has 1 aliphatic heterocycles. The van der Waals surface area contributed by atoms with Crippen LogP contribution in [0.15, 0.2) is 33.9 Å². The molecule has 2 heterocycles. The highest BCUT2D eigenvalue weighted by Crippen LogP contribution is 2.33. The van der Waals surface area contributed by atoms with Crippen molar-refractivity contribution in [2.24, 2.45) is 5.41 Å². The lowest BCUT2D eigenvalue weighted by Gasteiger charge is -2.35. The van der Waals surface area contributed by atoms with Crippen LogP contribution in [-0.4, -0.2) is 28.3 Å². The molecule has 1 N–H and O–H groups in total. The number of nitrogens with one attached hydrogen (secondary N) is 1. The van der Waals surface area contributed by atoms with Gasteiger partial charge in [0.05, 0.1) is 10.8 Å². The van der Waals surface area contributed by atoms with Crippen LogP contribution in [0.2, 0.25) is 0 Å². The lowest BCUT2D eigenvalue weighted by Crippen LogP contribution is -2.41. The van der Waals surface area contributed by atoms with E-state index in [2.05, 4.69) is 21.0 Å². The lowest BCUT2D eigenvalue weighted by molar-refractivity contribution is 0.0163. The average Bonchev–Trinajstić information content (AvgIpc) is 2.53. The second-order valence-corrected chi connectivity index (χ2v) is 6.18. The summed E-state index contributed by atoms with van der Waals surface area (Å²) < 4.78 is 6.86. The van der Waals surface area contributed by atoms with Crippen LogP contribution >= 0.6 is 15.9 Å². The quantitative estimate of drug-likeness (QED) is 0.857. The highest BCUT2D eigenvalue weighted by Gasteiger charge is 2.32. The second-order valence-electron chi connectivity index (χ2n) is 5.62. The Morgan fingerprint density at radius 1 is 1.19 bits per heavy atom. The van der Waals surface area contributed by atoms with E-state index in [0.717, 1.165) is 18.2 Å². The number of fused-ring (bicyclic) bond motifs is 1. The summed E-state index contributed by atoms with van der Waals surface area (Å²) in [5.74, 6) is 0. The van der Waals surface area contributed by atoms with Crippen LogP contribution in [0.1, 0.15) is 12.8 Å². The van der Waals surface area contributed by atoms with Crippen LogP contribution in [0.3, 0.4) is 0 Å². The lowest BCUT2D eigenvalue weighted by atomic mass is 9.82. The maximum Gasteiger partial charge on any atom is 0.273 e. The van der Waals surface area contributed by atoms with Crippen molar-refractivity contribution in [1.29, 1.82) is 0 Å². The molecule has 1 aromatic heterocycles. The molecule has 0 unspecified atom stereocenters. The third-order valence-corrected chi connectivity index (χ3v) is 5.40. The van der Waals surface area contributed by atoms with Gasteiger partial charge in [0.1, 0.15) is 0 Å². The second kappa shape index (κ2) is 5.77. The predicted octanol–water partition coefficient (Wildman–Crippen LogP) is 1.88. The smallest absolute Gasteiger partial charge is 0.273 e. The van der Waals surface area contributed by atoms with Crippen LogP contribution in [0.5, 0.6) is 0 Å². The van der Waals surface area contributed by atoms with E-state index in [0.29, 0.717) is 30.5 Å². The van der Waals surface area contributed by atoms with Crippen molar-refractivity contribution in [2.75, 3.05) is 18.5 Å². The normalized spacial score (nSPS) is 18.0. The molecule has 0 amide bonds. The Hall–Kier alpha value is -1.40. The number of aromatic nitrogens is 2. The van der Waals surface area contributed by atoms with E-state index >= 15 is 0 Å². The summed E-state index contributed by atoms with van der Waals surface area (Å²) >= 11 is 3.56. The summed E-state index contributed by atoms with van der Waals surface area (Å²) in [4.78, 5) is 24.7. The number of hydrogen-bond acceptors (Lipinski definition) is 3. The number of benzene rings is 1. The molecule has 112 valence electrons. The number of alkyl halides is 1. The van der Waals surface area contributed by atoms with Crippen LogP contribution in [0, 0.1) is 5.41 Å². The summed E-state index contributed by atoms with van der Waals surface area (Å²) in [6.07, 6.45) is 1.75. The molecule has 0 bridgehead atoms. The SMILES string of the molecule is O=c1[nH]n(CC2(CBr)CCOCC2)c(=O)c2ccccc12. The van der Waals surface area contributed by atoms with Crippen molar-refractivity contribution >= 4 is 26.7 Å². The fraction of sp³-hybridized carbons (Fsp3) is 0.467. The maximum absolute atomic E-state index is 12.6. The van der Waals surface area contributed by atoms with Crippen molar-refractivity contribution in [3.05, 3.63) is 45.0 Å². The van der Waals surface area contributed by atoms with Gasteiger partial charge in [0, 0.05) is 30.5 Å². The molecule has 0 radical (unpaired) electrons. The summed E-state index contributed by atoms with van der Waals surface area (Å²) in [5.41, 5.74) is -0.410. The van der Waals surface area contributed by atoms with Gasteiger partial charge in [-0.3, -0.25) is 14.7 Å². The Bertz CT molecular complexity index is 759. The summed E-state index contributed by atoms with van der Waals surface area (Å²) in [6, 6.07) is 6.92.